The van der Waals surface area contributed by atoms with Crippen LogP contribution in [0.25, 0.3) is 0 Å². The molecule has 0 heterocycles. The lowest BCUT2D eigenvalue weighted by molar-refractivity contribution is 0.325. The number of allylic oxidation sites excluding steroid dienone is 1. The molecule has 66 valence electrons. The Morgan fingerprint density at radius 1 is 1.55 bits per heavy atom. The number of aliphatic hydroxyl groups is 1. The Hall–Kier alpha value is -0.500. The molecule has 0 aliphatic carbocycles. The number of rotatable bonds is 5. The van der Waals surface area contributed by atoms with Crippen molar-refractivity contribution in [3.63, 3.8) is 0 Å². The molecule has 0 spiro atoms. The molecule has 0 saturated heterocycles. The molecule has 0 aromatic carbocycles. The van der Waals surface area contributed by atoms with Gasteiger partial charge in [-0.25, -0.2) is 0 Å². The summed E-state index contributed by atoms with van der Waals surface area (Å²) in [5, 5.41) is 8.97. The van der Waals surface area contributed by atoms with Gasteiger partial charge in [0.1, 0.15) is 0 Å². The summed E-state index contributed by atoms with van der Waals surface area (Å²) in [6.45, 7) is 7.51. The normalized spacial score (nSPS) is 15.9. The minimum absolute atomic E-state index is 0.188. The molecule has 0 bridgehead atoms. The fourth-order valence-electron chi connectivity index (χ4n) is 0.835. The summed E-state index contributed by atoms with van der Waals surface area (Å²) in [6.07, 6.45) is 2.91. The van der Waals surface area contributed by atoms with E-state index in [1.807, 2.05) is 6.92 Å². The average molecular weight is 157 g/mol. The first kappa shape index (κ1) is 10.5. The molecule has 0 radical (unpaired) electrons. The molecular formula is C9H19NO. The SMILES string of the molecule is C=C(O)C(C)CCC(N)CC. The number of hydrogen-bond donors (Lipinski definition) is 2. The van der Waals surface area contributed by atoms with Crippen molar-refractivity contribution in [2.75, 3.05) is 0 Å². The second kappa shape index (κ2) is 5.19. The van der Waals surface area contributed by atoms with Gasteiger partial charge in [0.15, 0.2) is 0 Å². The Balaban J connectivity index is 3.45. The van der Waals surface area contributed by atoms with Crippen molar-refractivity contribution in [2.24, 2.45) is 11.7 Å². The number of hydrogen-bond acceptors (Lipinski definition) is 2. The van der Waals surface area contributed by atoms with Gasteiger partial charge in [-0.3, -0.25) is 0 Å². The van der Waals surface area contributed by atoms with Gasteiger partial charge in [-0.15, -0.1) is 0 Å². The first-order chi connectivity index (χ1) is 5.07. The predicted octanol–water partition coefficient (Wildman–Crippen LogP) is 2.21. The Bertz CT molecular complexity index is 123. The molecule has 0 fully saturated rings. The molecule has 0 aromatic rings. The fourth-order valence-corrected chi connectivity index (χ4v) is 0.835. The highest BCUT2D eigenvalue weighted by molar-refractivity contribution is 4.85. The molecule has 2 nitrogen and oxygen atoms in total. The zero-order valence-corrected chi connectivity index (χ0v) is 7.51. The number of aliphatic hydroxyl groups excluding tert-OH is 1. The molecule has 0 aliphatic rings. The summed E-state index contributed by atoms with van der Waals surface area (Å²) < 4.78 is 0. The lowest BCUT2D eigenvalue weighted by Crippen LogP contribution is -2.19. The van der Waals surface area contributed by atoms with E-state index in [4.69, 9.17) is 10.8 Å². The van der Waals surface area contributed by atoms with Gasteiger partial charge in [-0.1, -0.05) is 20.4 Å². The smallest absolute Gasteiger partial charge is 0.0879 e. The van der Waals surface area contributed by atoms with Crippen LogP contribution in [0.1, 0.15) is 33.1 Å². The molecule has 2 unspecified atom stereocenters. The molecular weight excluding hydrogens is 138 g/mol. The zero-order chi connectivity index (χ0) is 8.85. The van der Waals surface area contributed by atoms with Crippen LogP contribution in [0.4, 0.5) is 0 Å². The topological polar surface area (TPSA) is 46.2 Å². The Morgan fingerprint density at radius 2 is 2.09 bits per heavy atom. The van der Waals surface area contributed by atoms with Gasteiger partial charge in [0, 0.05) is 12.0 Å². The van der Waals surface area contributed by atoms with E-state index in [2.05, 4.69) is 13.5 Å². The third-order valence-electron chi connectivity index (χ3n) is 2.06. The highest BCUT2D eigenvalue weighted by atomic mass is 16.3. The summed E-state index contributed by atoms with van der Waals surface area (Å²) in [6, 6.07) is 0.275. The maximum absolute atomic E-state index is 8.97. The summed E-state index contributed by atoms with van der Waals surface area (Å²) in [5.41, 5.74) is 5.71. The average Bonchev–Trinajstić information content (AvgIpc) is 1.99. The summed E-state index contributed by atoms with van der Waals surface area (Å²) in [5.74, 6) is 0.459. The van der Waals surface area contributed by atoms with Crippen molar-refractivity contribution in [3.8, 4) is 0 Å². The molecule has 0 amide bonds. The van der Waals surface area contributed by atoms with Crippen molar-refractivity contribution in [2.45, 2.75) is 39.2 Å². The van der Waals surface area contributed by atoms with E-state index in [0.29, 0.717) is 0 Å². The van der Waals surface area contributed by atoms with Crippen LogP contribution in [-0.4, -0.2) is 11.1 Å². The van der Waals surface area contributed by atoms with Gasteiger partial charge in [-0.2, -0.15) is 0 Å². The van der Waals surface area contributed by atoms with E-state index >= 15 is 0 Å². The van der Waals surface area contributed by atoms with Gasteiger partial charge in [-0.05, 0) is 19.3 Å². The van der Waals surface area contributed by atoms with Gasteiger partial charge >= 0.3 is 0 Å². The first-order valence-electron chi connectivity index (χ1n) is 4.21. The van der Waals surface area contributed by atoms with Crippen LogP contribution in [0.15, 0.2) is 12.3 Å². The summed E-state index contributed by atoms with van der Waals surface area (Å²) >= 11 is 0. The van der Waals surface area contributed by atoms with Crippen LogP contribution in [0, 0.1) is 5.92 Å². The molecule has 2 atom stereocenters. The minimum atomic E-state index is 0.188. The summed E-state index contributed by atoms with van der Waals surface area (Å²) in [4.78, 5) is 0. The summed E-state index contributed by atoms with van der Waals surface area (Å²) in [7, 11) is 0. The van der Waals surface area contributed by atoms with Crippen LogP contribution in [0.3, 0.4) is 0 Å². The standard InChI is InChI=1S/C9H19NO/c1-4-9(10)6-5-7(2)8(3)11/h7,9,11H,3-6,10H2,1-2H3. The third-order valence-corrected chi connectivity index (χ3v) is 2.06. The van der Waals surface area contributed by atoms with Crippen LogP contribution in [0.5, 0.6) is 0 Å². The van der Waals surface area contributed by atoms with Gasteiger partial charge in [0.25, 0.3) is 0 Å². The fraction of sp³-hybridized carbons (Fsp3) is 0.778. The second-order valence-corrected chi connectivity index (χ2v) is 3.14. The third kappa shape index (κ3) is 4.85. The van der Waals surface area contributed by atoms with Crippen molar-refractivity contribution in [1.29, 1.82) is 0 Å². The lowest BCUT2D eigenvalue weighted by atomic mass is 10.00. The van der Waals surface area contributed by atoms with Gasteiger partial charge in [0.2, 0.25) is 0 Å². The quantitative estimate of drug-likeness (QED) is 0.601. The van der Waals surface area contributed by atoms with Gasteiger partial charge < -0.3 is 10.8 Å². The monoisotopic (exact) mass is 157 g/mol. The van der Waals surface area contributed by atoms with Crippen LogP contribution in [-0.2, 0) is 0 Å². The molecule has 0 saturated carbocycles. The highest BCUT2D eigenvalue weighted by Crippen LogP contribution is 2.13. The Labute approximate surface area is 69.1 Å². The predicted molar refractivity (Wildman–Crippen MR) is 48.4 cm³/mol. The lowest BCUT2D eigenvalue weighted by Gasteiger charge is -2.12. The molecule has 2 heteroatoms. The molecule has 0 aliphatic heterocycles. The van der Waals surface area contributed by atoms with E-state index in [1.165, 1.54) is 0 Å². The van der Waals surface area contributed by atoms with E-state index in [-0.39, 0.29) is 17.7 Å². The maximum atomic E-state index is 8.97. The van der Waals surface area contributed by atoms with Gasteiger partial charge in [0.05, 0.1) is 5.76 Å². The van der Waals surface area contributed by atoms with Crippen molar-refractivity contribution in [3.05, 3.63) is 12.3 Å². The molecule has 0 aromatic heterocycles. The number of nitrogens with two attached hydrogens (primary N) is 1. The van der Waals surface area contributed by atoms with Crippen molar-refractivity contribution < 1.29 is 5.11 Å². The highest BCUT2D eigenvalue weighted by Gasteiger charge is 2.06. The molecule has 0 rings (SSSR count). The Morgan fingerprint density at radius 3 is 2.45 bits per heavy atom. The molecule has 11 heavy (non-hydrogen) atoms. The molecule has 3 N–H and O–H groups in total. The van der Waals surface area contributed by atoms with E-state index in [9.17, 15) is 0 Å². The largest absolute Gasteiger partial charge is 0.513 e. The van der Waals surface area contributed by atoms with Crippen LogP contribution >= 0.6 is 0 Å². The van der Waals surface area contributed by atoms with Crippen LogP contribution < -0.4 is 5.73 Å². The van der Waals surface area contributed by atoms with E-state index in [1.54, 1.807) is 0 Å². The Kier molecular flexibility index (Phi) is 4.95. The first-order valence-corrected chi connectivity index (χ1v) is 4.21. The van der Waals surface area contributed by atoms with E-state index < -0.39 is 0 Å². The van der Waals surface area contributed by atoms with E-state index in [0.717, 1.165) is 19.3 Å². The van der Waals surface area contributed by atoms with Crippen molar-refractivity contribution >= 4 is 0 Å². The van der Waals surface area contributed by atoms with Crippen LogP contribution in [0.2, 0.25) is 0 Å². The maximum Gasteiger partial charge on any atom is 0.0879 e. The zero-order valence-electron chi connectivity index (χ0n) is 7.51. The second-order valence-electron chi connectivity index (χ2n) is 3.14. The van der Waals surface area contributed by atoms with Crippen molar-refractivity contribution in [1.82, 2.24) is 0 Å². The minimum Gasteiger partial charge on any atom is -0.513 e.